The minimum absolute atomic E-state index is 0.190. The van der Waals surface area contributed by atoms with Crippen LogP contribution in [0, 0.1) is 0 Å². The zero-order valence-electron chi connectivity index (χ0n) is 32.6. The van der Waals surface area contributed by atoms with Crippen LogP contribution in [0.3, 0.4) is 0 Å². The lowest BCUT2D eigenvalue weighted by atomic mass is 10.1. The number of phosphoric ester groups is 1. The molecule has 3 N–H and O–H groups in total. The second-order valence-electron chi connectivity index (χ2n) is 14.0. The number of ether oxygens (including phenoxy) is 2. The summed E-state index contributed by atoms with van der Waals surface area (Å²) in [5, 5.41) is 19.1. The zero-order chi connectivity index (χ0) is 37.7. The van der Waals surface area contributed by atoms with E-state index >= 15 is 0 Å². The average Bonchev–Trinajstić information content (AvgIpc) is 3.12. The molecule has 10 nitrogen and oxygen atoms in total. The van der Waals surface area contributed by atoms with E-state index in [1.807, 2.05) is 0 Å². The highest BCUT2D eigenvalue weighted by molar-refractivity contribution is 7.47. The first kappa shape index (κ1) is 49.7. The zero-order valence-corrected chi connectivity index (χ0v) is 33.5. The van der Waals surface area contributed by atoms with Crippen LogP contribution in [-0.2, 0) is 32.7 Å². The molecule has 0 saturated carbocycles. The largest absolute Gasteiger partial charge is 0.472 e. The molecule has 0 bridgehead atoms. The van der Waals surface area contributed by atoms with Gasteiger partial charge in [0.05, 0.1) is 26.4 Å². The van der Waals surface area contributed by atoms with Crippen molar-refractivity contribution < 1.29 is 47.8 Å². The summed E-state index contributed by atoms with van der Waals surface area (Å²) < 4.78 is 32.5. The van der Waals surface area contributed by atoms with Crippen LogP contribution in [0.1, 0.15) is 194 Å². The normalized spacial score (nSPS) is 14.1. The fraction of sp³-hybridized carbons (Fsp3) is 0.900. The molecule has 0 heterocycles. The van der Waals surface area contributed by atoms with Crippen molar-refractivity contribution in [2.24, 2.45) is 0 Å². The number of aliphatic hydroxyl groups is 2. The molecular formula is C40H77O10P. The van der Waals surface area contributed by atoms with Crippen LogP contribution in [0.2, 0.25) is 0 Å². The molecule has 3 unspecified atom stereocenters. The minimum atomic E-state index is -4.63. The number of phosphoric acid groups is 1. The molecular weight excluding hydrogens is 671 g/mol. The van der Waals surface area contributed by atoms with Crippen molar-refractivity contribution in [2.75, 3.05) is 26.4 Å². The van der Waals surface area contributed by atoms with Gasteiger partial charge in [0.15, 0.2) is 0 Å². The van der Waals surface area contributed by atoms with Gasteiger partial charge in [-0.3, -0.25) is 18.6 Å². The lowest BCUT2D eigenvalue weighted by molar-refractivity contribution is -0.153. The lowest BCUT2D eigenvalue weighted by Crippen LogP contribution is -2.28. The summed E-state index contributed by atoms with van der Waals surface area (Å²) in [4.78, 5) is 34.4. The van der Waals surface area contributed by atoms with Crippen molar-refractivity contribution >= 4 is 19.8 Å². The number of aliphatic hydroxyl groups excluding tert-OH is 2. The number of carbonyl (C=O) groups is 2. The van der Waals surface area contributed by atoms with Crippen molar-refractivity contribution in [3.63, 3.8) is 0 Å². The van der Waals surface area contributed by atoms with E-state index < -0.39 is 58.4 Å². The topological polar surface area (TPSA) is 149 Å². The van der Waals surface area contributed by atoms with Gasteiger partial charge in [-0.1, -0.05) is 154 Å². The molecule has 51 heavy (non-hydrogen) atoms. The van der Waals surface area contributed by atoms with Gasteiger partial charge in [-0.05, 0) is 38.5 Å². The number of rotatable bonds is 39. The number of esters is 2. The van der Waals surface area contributed by atoms with E-state index in [0.717, 1.165) is 44.9 Å². The van der Waals surface area contributed by atoms with Crippen LogP contribution < -0.4 is 0 Å². The molecule has 0 aromatic carbocycles. The van der Waals surface area contributed by atoms with Crippen molar-refractivity contribution in [1.82, 2.24) is 0 Å². The number of unbranched alkanes of at least 4 members (excludes halogenated alkanes) is 23. The first-order valence-corrected chi connectivity index (χ1v) is 22.1. The maximum Gasteiger partial charge on any atom is 0.472 e. The van der Waals surface area contributed by atoms with Gasteiger partial charge in [0.25, 0.3) is 0 Å². The highest BCUT2D eigenvalue weighted by atomic mass is 31.2. The Morgan fingerprint density at radius 2 is 0.804 bits per heavy atom. The second kappa shape index (κ2) is 37.0. The van der Waals surface area contributed by atoms with E-state index in [9.17, 15) is 29.3 Å². The molecule has 3 atom stereocenters. The summed E-state index contributed by atoms with van der Waals surface area (Å²) in [6.07, 6.45) is 33.3. The molecule has 0 aromatic rings. The molecule has 0 fully saturated rings. The molecule has 0 spiro atoms. The van der Waals surface area contributed by atoms with Crippen LogP contribution in [0.4, 0.5) is 0 Å². The molecule has 0 radical (unpaired) electrons. The summed E-state index contributed by atoms with van der Waals surface area (Å²) >= 11 is 0. The van der Waals surface area contributed by atoms with Gasteiger partial charge in [-0.2, -0.15) is 0 Å². The smallest absolute Gasteiger partial charge is 0.457 e. The van der Waals surface area contributed by atoms with Gasteiger partial charge in [0.2, 0.25) is 0 Å². The van der Waals surface area contributed by atoms with Crippen molar-refractivity contribution in [3.8, 4) is 0 Å². The predicted molar refractivity (Wildman–Crippen MR) is 205 cm³/mol. The Kier molecular flexibility index (Phi) is 36.1. The standard InChI is InChI=1S/C40H77O10P/c1-3-5-7-9-11-13-15-16-17-18-19-20-22-24-26-28-30-32-40(44)50-38(34-42)36-48-51(45,46)47-35-37(33-41)49-39(43)31-29-27-25-23-21-14-12-10-8-6-4-2/h16-17,37-38,41-42H,3-15,18-36H2,1-2H3,(H,45,46)/b17-16-. The molecule has 0 aliphatic rings. The van der Waals surface area contributed by atoms with E-state index in [1.54, 1.807) is 0 Å². The Balaban J connectivity index is 3.92. The highest BCUT2D eigenvalue weighted by Gasteiger charge is 2.27. The fourth-order valence-electron chi connectivity index (χ4n) is 5.76. The first-order valence-electron chi connectivity index (χ1n) is 20.6. The fourth-order valence-corrected chi connectivity index (χ4v) is 6.54. The van der Waals surface area contributed by atoms with Gasteiger partial charge < -0.3 is 24.6 Å². The summed E-state index contributed by atoms with van der Waals surface area (Å²) in [6, 6.07) is 0. The van der Waals surface area contributed by atoms with Crippen LogP contribution in [0.5, 0.6) is 0 Å². The maximum absolute atomic E-state index is 12.3. The molecule has 0 aliphatic heterocycles. The predicted octanol–water partition coefficient (Wildman–Crippen LogP) is 10.4. The molecule has 302 valence electrons. The quantitative estimate of drug-likeness (QED) is 0.0240. The molecule has 11 heteroatoms. The molecule has 0 amide bonds. The van der Waals surface area contributed by atoms with E-state index in [2.05, 4.69) is 26.0 Å². The third kappa shape index (κ3) is 35.5. The Labute approximate surface area is 311 Å². The third-order valence-corrected chi connectivity index (χ3v) is 9.93. The SMILES string of the molecule is CCCCCCCC/C=C\CCCCCCCCCC(=O)OC(CO)COP(=O)(O)OCC(CO)OC(=O)CCCCCCCCCCCCC. The number of carbonyl (C=O) groups excluding carboxylic acids is 2. The number of hydrogen-bond acceptors (Lipinski definition) is 9. The van der Waals surface area contributed by atoms with Crippen LogP contribution >= 0.6 is 7.82 Å². The highest BCUT2D eigenvalue weighted by Crippen LogP contribution is 2.43. The first-order chi connectivity index (χ1) is 24.8. The third-order valence-electron chi connectivity index (χ3n) is 8.98. The Morgan fingerprint density at radius 3 is 1.12 bits per heavy atom. The minimum Gasteiger partial charge on any atom is -0.457 e. The molecule has 0 aromatic heterocycles. The van der Waals surface area contributed by atoms with E-state index in [4.69, 9.17) is 18.5 Å². The number of hydrogen-bond donors (Lipinski definition) is 3. The van der Waals surface area contributed by atoms with E-state index in [0.29, 0.717) is 12.8 Å². The Hall–Kier alpha value is -1.29. The molecule has 0 saturated heterocycles. The van der Waals surface area contributed by atoms with Gasteiger partial charge in [-0.15, -0.1) is 0 Å². The lowest BCUT2D eigenvalue weighted by Gasteiger charge is -2.20. The molecule has 0 aliphatic carbocycles. The van der Waals surface area contributed by atoms with Gasteiger partial charge >= 0.3 is 19.8 Å². The van der Waals surface area contributed by atoms with E-state index in [-0.39, 0.29) is 12.8 Å². The average molecular weight is 749 g/mol. The van der Waals surface area contributed by atoms with Crippen LogP contribution in [0.25, 0.3) is 0 Å². The van der Waals surface area contributed by atoms with Crippen molar-refractivity contribution in [1.29, 1.82) is 0 Å². The van der Waals surface area contributed by atoms with Crippen molar-refractivity contribution in [2.45, 2.75) is 206 Å². The van der Waals surface area contributed by atoms with E-state index in [1.165, 1.54) is 109 Å². The number of allylic oxidation sites excluding steroid dienone is 2. The summed E-state index contributed by atoms with van der Waals surface area (Å²) in [5.41, 5.74) is 0. The monoisotopic (exact) mass is 749 g/mol. The Bertz CT molecular complexity index is 868. The van der Waals surface area contributed by atoms with Crippen molar-refractivity contribution in [3.05, 3.63) is 12.2 Å². The van der Waals surface area contributed by atoms with Crippen LogP contribution in [0.15, 0.2) is 12.2 Å². The van der Waals surface area contributed by atoms with Crippen LogP contribution in [-0.4, -0.2) is 65.7 Å². The maximum atomic E-state index is 12.3. The Morgan fingerprint density at radius 1 is 0.510 bits per heavy atom. The molecule has 0 rings (SSSR count). The van der Waals surface area contributed by atoms with Gasteiger partial charge in [0.1, 0.15) is 12.2 Å². The van der Waals surface area contributed by atoms with Gasteiger partial charge in [0, 0.05) is 12.8 Å². The van der Waals surface area contributed by atoms with Gasteiger partial charge in [-0.25, -0.2) is 4.57 Å². The second-order valence-corrected chi connectivity index (χ2v) is 15.4. The summed E-state index contributed by atoms with van der Waals surface area (Å²) in [5.74, 6) is -1.02. The summed E-state index contributed by atoms with van der Waals surface area (Å²) in [6.45, 7) is 2.20. The summed E-state index contributed by atoms with van der Waals surface area (Å²) in [7, 11) is -4.63.